The van der Waals surface area contributed by atoms with Crippen LogP contribution < -0.4 is 10.0 Å². The van der Waals surface area contributed by atoms with Gasteiger partial charge in [0, 0.05) is 18.0 Å². The van der Waals surface area contributed by atoms with Crippen molar-refractivity contribution in [3.05, 3.63) is 70.2 Å². The van der Waals surface area contributed by atoms with Crippen molar-refractivity contribution < 1.29 is 13.2 Å². The zero-order valence-corrected chi connectivity index (χ0v) is 18.0. The van der Waals surface area contributed by atoms with Crippen molar-refractivity contribution >= 4 is 32.4 Å². The maximum absolute atomic E-state index is 12.8. The third-order valence-electron chi connectivity index (χ3n) is 4.20. The summed E-state index contributed by atoms with van der Waals surface area (Å²) in [5.74, 6) is -0.221. The molecule has 1 aromatic heterocycles. The van der Waals surface area contributed by atoms with Crippen molar-refractivity contribution in [1.29, 1.82) is 0 Å². The normalized spacial score (nSPS) is 11.6. The number of sulfonamides is 1. The molecule has 152 valence electrons. The molecule has 1 heterocycles. The summed E-state index contributed by atoms with van der Waals surface area (Å²) in [6.45, 7) is 5.84. The van der Waals surface area contributed by atoms with Crippen LogP contribution in [0.4, 0.5) is 5.13 Å². The average Bonchev–Trinajstić information content (AvgIpc) is 3.16. The molecule has 0 saturated carbocycles. The van der Waals surface area contributed by atoms with Crippen LogP contribution in [-0.2, 0) is 16.6 Å². The third kappa shape index (κ3) is 5.26. The van der Waals surface area contributed by atoms with Crippen LogP contribution >= 0.6 is 11.3 Å². The highest BCUT2D eigenvalue weighted by molar-refractivity contribution is 7.89. The third-order valence-corrected chi connectivity index (χ3v) is 6.89. The average molecular weight is 431 g/mol. The van der Waals surface area contributed by atoms with Gasteiger partial charge in [-0.25, -0.2) is 13.1 Å². The summed E-state index contributed by atoms with van der Waals surface area (Å²) in [5, 5.41) is 11.9. The SMILES string of the molecule is Cc1ccc(C(=O)Nc2nnc(C(C)C)s2)cc1S(=O)(=O)NCc1ccccc1. The fourth-order valence-corrected chi connectivity index (χ4v) is 4.60. The van der Waals surface area contributed by atoms with Gasteiger partial charge in [-0.05, 0) is 30.2 Å². The lowest BCUT2D eigenvalue weighted by atomic mass is 10.1. The van der Waals surface area contributed by atoms with E-state index in [0.717, 1.165) is 10.6 Å². The molecule has 29 heavy (non-hydrogen) atoms. The van der Waals surface area contributed by atoms with Crippen molar-refractivity contribution in [1.82, 2.24) is 14.9 Å². The van der Waals surface area contributed by atoms with E-state index < -0.39 is 15.9 Å². The number of amides is 1. The minimum absolute atomic E-state index is 0.0706. The molecule has 0 unspecified atom stereocenters. The van der Waals surface area contributed by atoms with Gasteiger partial charge in [-0.1, -0.05) is 61.6 Å². The monoisotopic (exact) mass is 430 g/mol. The largest absolute Gasteiger partial charge is 0.296 e. The van der Waals surface area contributed by atoms with E-state index in [4.69, 9.17) is 0 Å². The van der Waals surface area contributed by atoms with Crippen LogP contribution in [0.3, 0.4) is 0 Å². The lowest BCUT2D eigenvalue weighted by molar-refractivity contribution is 0.102. The molecule has 0 spiro atoms. The smallest absolute Gasteiger partial charge is 0.257 e. The van der Waals surface area contributed by atoms with Gasteiger partial charge in [0.1, 0.15) is 5.01 Å². The number of nitrogens with one attached hydrogen (secondary N) is 2. The molecule has 2 N–H and O–H groups in total. The van der Waals surface area contributed by atoms with Gasteiger partial charge in [0.15, 0.2) is 0 Å². The number of benzene rings is 2. The molecule has 0 atom stereocenters. The molecule has 0 radical (unpaired) electrons. The van der Waals surface area contributed by atoms with Gasteiger partial charge < -0.3 is 0 Å². The fraction of sp³-hybridized carbons (Fsp3) is 0.250. The highest BCUT2D eigenvalue weighted by Crippen LogP contribution is 2.23. The van der Waals surface area contributed by atoms with E-state index in [1.54, 1.807) is 19.1 Å². The van der Waals surface area contributed by atoms with Crippen molar-refractivity contribution in [2.24, 2.45) is 0 Å². The van der Waals surface area contributed by atoms with Gasteiger partial charge in [-0.15, -0.1) is 10.2 Å². The van der Waals surface area contributed by atoms with Gasteiger partial charge in [-0.3, -0.25) is 10.1 Å². The summed E-state index contributed by atoms with van der Waals surface area (Å²) in [7, 11) is -3.78. The number of aryl methyl sites for hydroxylation is 1. The predicted octanol–water partition coefficient (Wildman–Crippen LogP) is 3.70. The Hall–Kier alpha value is -2.62. The van der Waals surface area contributed by atoms with Crippen molar-refractivity contribution in [3.8, 4) is 0 Å². The number of carbonyl (C=O) groups is 1. The standard InChI is InChI=1S/C20H22N4O3S2/c1-13(2)19-23-24-20(28-19)22-18(25)16-10-9-14(3)17(11-16)29(26,27)21-12-15-7-5-4-6-8-15/h4-11,13,21H,12H2,1-3H3,(H,22,24,25). The zero-order valence-electron chi connectivity index (χ0n) is 16.3. The van der Waals surface area contributed by atoms with Gasteiger partial charge in [0.2, 0.25) is 15.2 Å². The lowest BCUT2D eigenvalue weighted by Crippen LogP contribution is -2.24. The first-order valence-corrected chi connectivity index (χ1v) is 11.4. The summed E-state index contributed by atoms with van der Waals surface area (Å²) in [6.07, 6.45) is 0. The van der Waals surface area contributed by atoms with E-state index in [1.807, 2.05) is 44.2 Å². The number of nitrogens with zero attached hydrogens (tertiary/aromatic N) is 2. The van der Waals surface area contributed by atoms with Crippen LogP contribution in [0, 0.1) is 6.92 Å². The van der Waals surface area contributed by atoms with Crippen LogP contribution in [0.2, 0.25) is 0 Å². The second-order valence-electron chi connectivity index (χ2n) is 6.84. The van der Waals surface area contributed by atoms with E-state index in [-0.39, 0.29) is 22.9 Å². The van der Waals surface area contributed by atoms with Crippen molar-refractivity contribution in [2.45, 2.75) is 38.1 Å². The molecule has 1 amide bonds. The predicted molar refractivity (Wildman–Crippen MR) is 114 cm³/mol. The Balaban J connectivity index is 1.78. The number of hydrogen-bond donors (Lipinski definition) is 2. The number of anilines is 1. The minimum atomic E-state index is -3.78. The molecule has 0 aliphatic carbocycles. The Morgan fingerprint density at radius 1 is 1.10 bits per heavy atom. The van der Waals surface area contributed by atoms with Crippen LogP contribution in [0.25, 0.3) is 0 Å². The maximum Gasteiger partial charge on any atom is 0.257 e. The summed E-state index contributed by atoms with van der Waals surface area (Å²) in [6, 6.07) is 13.8. The first kappa shape index (κ1) is 21.1. The van der Waals surface area contributed by atoms with Gasteiger partial charge in [0.05, 0.1) is 4.90 Å². The van der Waals surface area contributed by atoms with Crippen molar-refractivity contribution in [2.75, 3.05) is 5.32 Å². The summed E-state index contributed by atoms with van der Waals surface area (Å²) in [5.41, 5.74) is 1.64. The Morgan fingerprint density at radius 3 is 2.48 bits per heavy atom. The number of carbonyl (C=O) groups excluding carboxylic acids is 1. The molecule has 9 heteroatoms. The first-order chi connectivity index (χ1) is 13.8. The molecule has 0 aliphatic heterocycles. The molecule has 0 aliphatic rings. The van der Waals surface area contributed by atoms with Gasteiger partial charge in [0.25, 0.3) is 5.91 Å². The molecule has 0 bridgehead atoms. The molecule has 0 saturated heterocycles. The fourth-order valence-electron chi connectivity index (χ4n) is 2.57. The zero-order chi connectivity index (χ0) is 21.0. The quantitative estimate of drug-likeness (QED) is 0.595. The van der Waals surface area contributed by atoms with Gasteiger partial charge in [-0.2, -0.15) is 0 Å². The van der Waals surface area contributed by atoms with E-state index in [9.17, 15) is 13.2 Å². The topological polar surface area (TPSA) is 101 Å². The number of hydrogen-bond acceptors (Lipinski definition) is 6. The number of aromatic nitrogens is 2. The molecule has 3 aromatic rings. The Morgan fingerprint density at radius 2 is 1.83 bits per heavy atom. The van der Waals surface area contributed by atoms with E-state index >= 15 is 0 Å². The summed E-state index contributed by atoms with van der Waals surface area (Å²) >= 11 is 1.30. The first-order valence-electron chi connectivity index (χ1n) is 9.05. The van der Waals surface area contributed by atoms with Gasteiger partial charge >= 0.3 is 0 Å². The second-order valence-corrected chi connectivity index (χ2v) is 9.59. The van der Waals surface area contributed by atoms with Crippen LogP contribution in [0.1, 0.15) is 46.3 Å². The Bertz CT molecular complexity index is 1110. The molecule has 3 rings (SSSR count). The maximum atomic E-state index is 12.8. The molecule has 7 nitrogen and oxygen atoms in total. The highest BCUT2D eigenvalue weighted by Gasteiger charge is 2.20. The molecule has 0 fully saturated rings. The van der Waals surface area contributed by atoms with Crippen LogP contribution in [-0.4, -0.2) is 24.5 Å². The Labute approximate surface area is 174 Å². The summed E-state index contributed by atoms with van der Waals surface area (Å²) < 4.78 is 28.1. The minimum Gasteiger partial charge on any atom is -0.296 e. The van der Waals surface area contributed by atoms with E-state index in [1.165, 1.54) is 17.4 Å². The molecule has 2 aromatic carbocycles. The van der Waals surface area contributed by atoms with Crippen LogP contribution in [0.15, 0.2) is 53.4 Å². The molecular weight excluding hydrogens is 408 g/mol. The highest BCUT2D eigenvalue weighted by atomic mass is 32.2. The van der Waals surface area contributed by atoms with E-state index in [2.05, 4.69) is 20.2 Å². The molecular formula is C20H22N4O3S2. The summed E-state index contributed by atoms with van der Waals surface area (Å²) in [4.78, 5) is 12.6. The lowest BCUT2D eigenvalue weighted by Gasteiger charge is -2.11. The van der Waals surface area contributed by atoms with E-state index in [0.29, 0.717) is 10.7 Å². The van der Waals surface area contributed by atoms with Crippen LogP contribution in [0.5, 0.6) is 0 Å². The Kier molecular flexibility index (Phi) is 6.41. The second kappa shape index (κ2) is 8.81. The van der Waals surface area contributed by atoms with Crippen molar-refractivity contribution in [3.63, 3.8) is 0 Å². The number of rotatable bonds is 7.